The molecule has 0 spiro atoms. The van der Waals surface area contributed by atoms with E-state index < -0.39 is 0 Å². The van der Waals surface area contributed by atoms with Crippen LogP contribution in [0.15, 0.2) is 22.8 Å². The summed E-state index contributed by atoms with van der Waals surface area (Å²) in [5.74, 6) is 0. The lowest BCUT2D eigenvalue weighted by Crippen LogP contribution is -2.29. The summed E-state index contributed by atoms with van der Waals surface area (Å²) in [5.41, 5.74) is 4.20. The molecule has 0 saturated heterocycles. The van der Waals surface area contributed by atoms with Gasteiger partial charge in [-0.15, -0.1) is 0 Å². The number of hydrogen-bond acceptors (Lipinski definition) is 2. The highest BCUT2D eigenvalue weighted by atomic mass is 16.3. The van der Waals surface area contributed by atoms with Crippen molar-refractivity contribution in [2.45, 2.75) is 59.5 Å². The molecule has 98 valence electrons. The molecule has 2 heteroatoms. The van der Waals surface area contributed by atoms with E-state index in [0.717, 1.165) is 25.7 Å². The summed E-state index contributed by atoms with van der Waals surface area (Å²) in [6.07, 6.45) is 5.44. The quantitative estimate of drug-likeness (QED) is 0.738. The first-order valence-electron chi connectivity index (χ1n) is 6.50. The van der Waals surface area contributed by atoms with Crippen LogP contribution in [0.25, 0.3) is 0 Å². The van der Waals surface area contributed by atoms with Crippen molar-refractivity contribution >= 4 is 0 Å². The Morgan fingerprint density at radius 2 is 2.12 bits per heavy atom. The van der Waals surface area contributed by atoms with Crippen molar-refractivity contribution in [1.82, 2.24) is 0 Å². The first kappa shape index (κ1) is 14.5. The molecular formula is C15H26O2. The number of hydrogen-bond donors (Lipinski definition) is 2. The van der Waals surface area contributed by atoms with Gasteiger partial charge >= 0.3 is 0 Å². The van der Waals surface area contributed by atoms with Gasteiger partial charge in [0.15, 0.2) is 0 Å². The lowest BCUT2D eigenvalue weighted by atomic mass is 9.70. The third-order valence-electron chi connectivity index (χ3n) is 3.83. The largest absolute Gasteiger partial charge is 0.393 e. The maximum atomic E-state index is 9.82. The molecule has 0 saturated carbocycles. The Bertz CT molecular complexity index is 324. The average Bonchev–Trinajstić information content (AvgIpc) is 2.14. The molecule has 0 aromatic rings. The Kier molecular flexibility index (Phi) is 4.96. The zero-order chi connectivity index (χ0) is 13.1. The molecule has 2 nitrogen and oxygen atoms in total. The van der Waals surface area contributed by atoms with Crippen LogP contribution in [-0.2, 0) is 0 Å². The van der Waals surface area contributed by atoms with Crippen LogP contribution in [0.2, 0.25) is 0 Å². The van der Waals surface area contributed by atoms with E-state index in [1.807, 2.05) is 6.08 Å². The zero-order valence-electron chi connectivity index (χ0n) is 11.6. The monoisotopic (exact) mass is 238 g/mol. The van der Waals surface area contributed by atoms with Crippen molar-refractivity contribution in [2.75, 3.05) is 6.61 Å². The lowest BCUT2D eigenvalue weighted by Gasteiger charge is -2.37. The van der Waals surface area contributed by atoms with Gasteiger partial charge < -0.3 is 10.2 Å². The van der Waals surface area contributed by atoms with Gasteiger partial charge in [-0.3, -0.25) is 0 Å². The van der Waals surface area contributed by atoms with Crippen molar-refractivity contribution in [3.8, 4) is 0 Å². The van der Waals surface area contributed by atoms with Gasteiger partial charge in [-0.2, -0.15) is 0 Å². The van der Waals surface area contributed by atoms with Crippen molar-refractivity contribution in [2.24, 2.45) is 5.41 Å². The Balaban J connectivity index is 2.74. The van der Waals surface area contributed by atoms with Gasteiger partial charge in [0.05, 0.1) is 12.7 Å². The number of aliphatic hydroxyl groups excluding tert-OH is 2. The highest BCUT2D eigenvalue weighted by Gasteiger charge is 2.32. The molecule has 0 aromatic carbocycles. The predicted octanol–water partition coefficient (Wildman–Crippen LogP) is 3.20. The number of allylic oxidation sites excluding steroid dienone is 2. The summed E-state index contributed by atoms with van der Waals surface area (Å²) in [6, 6.07) is 0. The molecule has 1 aliphatic rings. The first-order valence-corrected chi connectivity index (χ1v) is 6.50. The standard InChI is InChI=1S/C15H26O2/c1-11(7-8-16)5-6-14-12(2)9-13(17)10-15(14,3)4/h7,13,16-17H,5-6,8-10H2,1-4H3/b11-7+. The molecule has 1 aliphatic carbocycles. The third-order valence-corrected chi connectivity index (χ3v) is 3.83. The van der Waals surface area contributed by atoms with Gasteiger partial charge in [0.25, 0.3) is 0 Å². The summed E-state index contributed by atoms with van der Waals surface area (Å²) < 4.78 is 0. The summed E-state index contributed by atoms with van der Waals surface area (Å²) >= 11 is 0. The van der Waals surface area contributed by atoms with Crippen LogP contribution in [0.1, 0.15) is 53.4 Å². The van der Waals surface area contributed by atoms with E-state index >= 15 is 0 Å². The minimum absolute atomic E-state index is 0.112. The highest BCUT2D eigenvalue weighted by Crippen LogP contribution is 2.42. The van der Waals surface area contributed by atoms with E-state index in [1.165, 1.54) is 16.7 Å². The molecule has 0 amide bonds. The van der Waals surface area contributed by atoms with Crippen molar-refractivity contribution in [1.29, 1.82) is 0 Å². The minimum Gasteiger partial charge on any atom is -0.393 e. The third kappa shape index (κ3) is 3.97. The van der Waals surface area contributed by atoms with E-state index in [1.54, 1.807) is 0 Å². The molecule has 17 heavy (non-hydrogen) atoms. The molecule has 0 aliphatic heterocycles. The smallest absolute Gasteiger partial charge is 0.0614 e. The van der Waals surface area contributed by atoms with Crippen molar-refractivity contribution in [3.63, 3.8) is 0 Å². The molecule has 1 atom stereocenters. The molecule has 2 N–H and O–H groups in total. The Hall–Kier alpha value is -0.600. The molecule has 0 bridgehead atoms. The van der Waals surface area contributed by atoms with Crippen LogP contribution < -0.4 is 0 Å². The number of rotatable bonds is 4. The van der Waals surface area contributed by atoms with Gasteiger partial charge in [-0.05, 0) is 44.9 Å². The maximum Gasteiger partial charge on any atom is 0.0614 e. The summed E-state index contributed by atoms with van der Waals surface area (Å²) in [7, 11) is 0. The Morgan fingerprint density at radius 1 is 1.47 bits per heavy atom. The van der Waals surface area contributed by atoms with Gasteiger partial charge in [0, 0.05) is 0 Å². The van der Waals surface area contributed by atoms with E-state index in [9.17, 15) is 5.11 Å². The van der Waals surface area contributed by atoms with E-state index in [0.29, 0.717) is 0 Å². The molecular weight excluding hydrogens is 212 g/mol. The highest BCUT2D eigenvalue weighted by molar-refractivity contribution is 5.24. The van der Waals surface area contributed by atoms with Crippen molar-refractivity contribution in [3.05, 3.63) is 22.8 Å². The molecule has 1 unspecified atom stereocenters. The van der Waals surface area contributed by atoms with Crippen molar-refractivity contribution < 1.29 is 10.2 Å². The summed E-state index contributed by atoms with van der Waals surface area (Å²) in [4.78, 5) is 0. The van der Waals surface area contributed by atoms with Gasteiger partial charge in [0.2, 0.25) is 0 Å². The molecule has 0 aromatic heterocycles. The first-order chi connectivity index (χ1) is 7.86. The fourth-order valence-corrected chi connectivity index (χ4v) is 2.97. The van der Waals surface area contributed by atoms with E-state index in [2.05, 4.69) is 27.7 Å². The second-order valence-electron chi connectivity index (χ2n) is 5.94. The lowest BCUT2D eigenvalue weighted by molar-refractivity contribution is 0.113. The van der Waals surface area contributed by atoms with Crippen LogP contribution >= 0.6 is 0 Å². The van der Waals surface area contributed by atoms with Crippen LogP contribution in [0.4, 0.5) is 0 Å². The summed E-state index contributed by atoms with van der Waals surface area (Å²) in [6.45, 7) is 8.78. The second-order valence-corrected chi connectivity index (χ2v) is 5.94. The topological polar surface area (TPSA) is 40.5 Å². The normalized spacial score (nSPS) is 25.3. The minimum atomic E-state index is -0.178. The molecule has 1 rings (SSSR count). The van der Waals surface area contributed by atoms with E-state index in [4.69, 9.17) is 5.11 Å². The molecule has 0 fully saturated rings. The van der Waals surface area contributed by atoms with Gasteiger partial charge in [0.1, 0.15) is 0 Å². The van der Waals surface area contributed by atoms with Gasteiger partial charge in [-0.1, -0.05) is 36.6 Å². The Morgan fingerprint density at radius 3 is 2.65 bits per heavy atom. The van der Waals surface area contributed by atoms with Crippen LogP contribution in [0, 0.1) is 5.41 Å². The average molecular weight is 238 g/mol. The van der Waals surface area contributed by atoms with Gasteiger partial charge in [-0.25, -0.2) is 0 Å². The maximum absolute atomic E-state index is 9.82. The van der Waals surface area contributed by atoms with Crippen LogP contribution in [0.3, 0.4) is 0 Å². The van der Waals surface area contributed by atoms with Crippen LogP contribution in [-0.4, -0.2) is 22.9 Å². The summed E-state index contributed by atoms with van der Waals surface area (Å²) in [5, 5.41) is 18.7. The fraction of sp³-hybridized carbons (Fsp3) is 0.733. The Labute approximate surface area is 105 Å². The predicted molar refractivity (Wildman–Crippen MR) is 71.8 cm³/mol. The SMILES string of the molecule is CC1=C(CC/C(C)=C/CO)C(C)(C)CC(O)C1. The van der Waals surface area contributed by atoms with Crippen LogP contribution in [0.5, 0.6) is 0 Å². The fourth-order valence-electron chi connectivity index (χ4n) is 2.97. The van der Waals surface area contributed by atoms with E-state index in [-0.39, 0.29) is 18.1 Å². The number of aliphatic hydroxyl groups is 2. The molecule has 0 radical (unpaired) electrons. The second kappa shape index (κ2) is 5.83. The molecule has 0 heterocycles. The zero-order valence-corrected chi connectivity index (χ0v) is 11.6.